The van der Waals surface area contributed by atoms with Gasteiger partial charge in [-0.25, -0.2) is 0 Å². The zero-order chi connectivity index (χ0) is 11.9. The quantitative estimate of drug-likeness (QED) is 0.592. The minimum atomic E-state index is -1.42. The van der Waals surface area contributed by atoms with Gasteiger partial charge in [0.1, 0.15) is 0 Å². The highest BCUT2D eigenvalue weighted by atomic mass is 28.4. The fourth-order valence-corrected chi connectivity index (χ4v) is 4.99. The molecule has 3 heteroatoms. The molecule has 0 aromatic rings. The second-order valence-electron chi connectivity index (χ2n) is 4.45. The van der Waals surface area contributed by atoms with Crippen molar-refractivity contribution < 1.29 is 9.16 Å². The standard InChI is InChI=1S/C12H28O2Si/c1-7-15(8-2,9-3)14-12(5)10-11(4)13-6/h11-12H,7-10H2,1-6H3. The van der Waals surface area contributed by atoms with Crippen molar-refractivity contribution in [2.75, 3.05) is 7.11 Å². The number of methoxy groups -OCH3 is 1. The first-order valence-corrected chi connectivity index (χ1v) is 8.77. The highest BCUT2D eigenvalue weighted by Gasteiger charge is 2.30. The molecule has 0 saturated carbocycles. The average Bonchev–Trinajstić information content (AvgIpc) is 2.26. The molecule has 2 nitrogen and oxygen atoms in total. The summed E-state index contributed by atoms with van der Waals surface area (Å²) in [5.74, 6) is 0. The summed E-state index contributed by atoms with van der Waals surface area (Å²) in [6, 6.07) is 3.68. The number of hydrogen-bond acceptors (Lipinski definition) is 2. The summed E-state index contributed by atoms with van der Waals surface area (Å²) in [5, 5.41) is 0. The van der Waals surface area contributed by atoms with Gasteiger partial charge in [0.25, 0.3) is 0 Å². The van der Waals surface area contributed by atoms with Gasteiger partial charge in [0.05, 0.1) is 6.10 Å². The molecule has 0 radical (unpaired) electrons. The lowest BCUT2D eigenvalue weighted by molar-refractivity contribution is 0.0682. The molecule has 0 spiro atoms. The smallest absolute Gasteiger partial charge is 0.192 e. The van der Waals surface area contributed by atoms with E-state index >= 15 is 0 Å². The molecule has 0 aromatic carbocycles. The van der Waals surface area contributed by atoms with Crippen LogP contribution >= 0.6 is 0 Å². The molecule has 2 atom stereocenters. The van der Waals surface area contributed by atoms with E-state index in [-0.39, 0.29) is 0 Å². The molecule has 0 amide bonds. The number of ether oxygens (including phenoxy) is 1. The topological polar surface area (TPSA) is 18.5 Å². The van der Waals surface area contributed by atoms with Crippen LogP contribution in [0.5, 0.6) is 0 Å². The van der Waals surface area contributed by atoms with Gasteiger partial charge in [0, 0.05) is 13.2 Å². The lowest BCUT2D eigenvalue weighted by atomic mass is 10.2. The second kappa shape index (κ2) is 7.42. The highest BCUT2D eigenvalue weighted by Crippen LogP contribution is 2.24. The molecule has 0 aliphatic heterocycles. The first kappa shape index (κ1) is 15.1. The van der Waals surface area contributed by atoms with Crippen molar-refractivity contribution >= 4 is 8.32 Å². The van der Waals surface area contributed by atoms with Crippen molar-refractivity contribution in [1.82, 2.24) is 0 Å². The van der Waals surface area contributed by atoms with Crippen molar-refractivity contribution in [3.05, 3.63) is 0 Å². The van der Waals surface area contributed by atoms with Gasteiger partial charge >= 0.3 is 0 Å². The molecule has 0 heterocycles. The van der Waals surface area contributed by atoms with Crippen LogP contribution in [0.2, 0.25) is 18.1 Å². The van der Waals surface area contributed by atoms with E-state index < -0.39 is 8.32 Å². The Morgan fingerprint density at radius 3 is 1.73 bits per heavy atom. The summed E-state index contributed by atoms with van der Waals surface area (Å²) in [6.07, 6.45) is 1.65. The van der Waals surface area contributed by atoms with Gasteiger partial charge in [-0.3, -0.25) is 0 Å². The van der Waals surface area contributed by atoms with E-state index in [1.54, 1.807) is 7.11 Å². The SMILES string of the molecule is CC[Si](CC)(CC)OC(C)CC(C)OC. The Balaban J connectivity index is 4.16. The summed E-state index contributed by atoms with van der Waals surface area (Å²) in [4.78, 5) is 0. The molecule has 0 N–H and O–H groups in total. The van der Waals surface area contributed by atoms with Gasteiger partial charge in [0.2, 0.25) is 0 Å². The zero-order valence-electron chi connectivity index (χ0n) is 11.3. The molecule has 0 saturated heterocycles. The largest absolute Gasteiger partial charge is 0.414 e. The van der Waals surface area contributed by atoms with E-state index in [9.17, 15) is 0 Å². The fourth-order valence-electron chi connectivity index (χ4n) is 2.04. The third-order valence-electron chi connectivity index (χ3n) is 3.45. The first-order chi connectivity index (χ1) is 7.03. The second-order valence-corrected chi connectivity index (χ2v) is 9.18. The van der Waals surface area contributed by atoms with Gasteiger partial charge in [-0.1, -0.05) is 20.8 Å². The van der Waals surface area contributed by atoms with E-state index in [2.05, 4.69) is 34.6 Å². The van der Waals surface area contributed by atoms with Crippen molar-refractivity contribution in [2.24, 2.45) is 0 Å². The van der Waals surface area contributed by atoms with Crippen molar-refractivity contribution in [3.63, 3.8) is 0 Å². The van der Waals surface area contributed by atoms with Crippen molar-refractivity contribution in [2.45, 2.75) is 71.4 Å². The third-order valence-corrected chi connectivity index (χ3v) is 8.22. The van der Waals surface area contributed by atoms with Crippen LogP contribution in [0.1, 0.15) is 41.0 Å². The van der Waals surface area contributed by atoms with Gasteiger partial charge in [0.15, 0.2) is 8.32 Å². The lowest BCUT2D eigenvalue weighted by Crippen LogP contribution is -2.39. The molecular formula is C12H28O2Si. The predicted molar refractivity (Wildman–Crippen MR) is 68.8 cm³/mol. The average molecular weight is 232 g/mol. The van der Waals surface area contributed by atoms with E-state index in [4.69, 9.17) is 9.16 Å². The number of rotatable bonds is 8. The molecule has 0 fully saturated rings. The summed E-state index contributed by atoms with van der Waals surface area (Å²) >= 11 is 0. The van der Waals surface area contributed by atoms with E-state index in [0.29, 0.717) is 12.2 Å². The summed E-state index contributed by atoms with van der Waals surface area (Å²) in [6.45, 7) is 11.1. The zero-order valence-corrected chi connectivity index (χ0v) is 12.3. The summed E-state index contributed by atoms with van der Waals surface area (Å²) in [5.41, 5.74) is 0. The molecule has 0 aromatic heterocycles. The third kappa shape index (κ3) is 5.14. The molecule has 2 unspecified atom stereocenters. The van der Waals surface area contributed by atoms with Crippen molar-refractivity contribution in [1.29, 1.82) is 0 Å². The fraction of sp³-hybridized carbons (Fsp3) is 1.00. The van der Waals surface area contributed by atoms with Gasteiger partial charge < -0.3 is 9.16 Å². The first-order valence-electron chi connectivity index (χ1n) is 6.24. The van der Waals surface area contributed by atoms with Crippen LogP contribution in [-0.2, 0) is 9.16 Å². The monoisotopic (exact) mass is 232 g/mol. The normalized spacial score (nSPS) is 16.4. The van der Waals surface area contributed by atoms with Crippen LogP contribution in [0.4, 0.5) is 0 Å². The molecule has 0 rings (SSSR count). The molecule has 0 aliphatic rings. The molecule has 15 heavy (non-hydrogen) atoms. The Bertz CT molecular complexity index is 149. The Hall–Kier alpha value is 0.137. The van der Waals surface area contributed by atoms with Gasteiger partial charge in [-0.05, 0) is 38.4 Å². The Morgan fingerprint density at radius 2 is 1.40 bits per heavy atom. The Labute approximate surface area is 96.5 Å². The maximum atomic E-state index is 6.32. The Kier molecular flexibility index (Phi) is 7.48. The van der Waals surface area contributed by atoms with E-state index in [1.807, 2.05) is 0 Å². The minimum absolute atomic E-state index is 0.303. The highest BCUT2D eigenvalue weighted by molar-refractivity contribution is 6.73. The molecule has 0 bridgehead atoms. The predicted octanol–water partition coefficient (Wildman–Crippen LogP) is 3.82. The Morgan fingerprint density at radius 1 is 0.933 bits per heavy atom. The summed E-state index contributed by atoms with van der Waals surface area (Å²) in [7, 11) is 0.350. The van der Waals surface area contributed by atoms with Crippen LogP contribution in [0.3, 0.4) is 0 Å². The van der Waals surface area contributed by atoms with E-state index in [1.165, 1.54) is 18.1 Å². The van der Waals surface area contributed by atoms with Crippen molar-refractivity contribution in [3.8, 4) is 0 Å². The minimum Gasteiger partial charge on any atom is -0.414 e. The van der Waals surface area contributed by atoms with E-state index in [0.717, 1.165) is 6.42 Å². The van der Waals surface area contributed by atoms with Gasteiger partial charge in [-0.2, -0.15) is 0 Å². The molecule has 0 aliphatic carbocycles. The molecule has 92 valence electrons. The van der Waals surface area contributed by atoms with Crippen LogP contribution in [-0.4, -0.2) is 27.6 Å². The maximum Gasteiger partial charge on any atom is 0.192 e. The molecular weight excluding hydrogens is 204 g/mol. The maximum absolute atomic E-state index is 6.32. The summed E-state index contributed by atoms with van der Waals surface area (Å²) < 4.78 is 11.6. The van der Waals surface area contributed by atoms with Gasteiger partial charge in [-0.15, -0.1) is 0 Å². The van der Waals surface area contributed by atoms with Crippen LogP contribution < -0.4 is 0 Å². The number of hydrogen-bond donors (Lipinski definition) is 0. The van der Waals surface area contributed by atoms with Crippen LogP contribution in [0.25, 0.3) is 0 Å². The van der Waals surface area contributed by atoms with Crippen LogP contribution in [0.15, 0.2) is 0 Å². The lowest BCUT2D eigenvalue weighted by Gasteiger charge is -2.32. The van der Waals surface area contributed by atoms with Crippen LogP contribution in [0, 0.1) is 0 Å².